The van der Waals surface area contributed by atoms with Crippen LogP contribution in [0.4, 0.5) is 0 Å². The van der Waals surface area contributed by atoms with Crippen molar-refractivity contribution in [1.82, 2.24) is 10.3 Å². The highest BCUT2D eigenvalue weighted by Gasteiger charge is 2.17. The number of nitrogens with zero attached hydrogens (tertiary/aromatic N) is 1. The zero-order chi connectivity index (χ0) is 19.9. The van der Waals surface area contributed by atoms with Crippen LogP contribution < -0.4 is 14.8 Å². The number of nitrogens with one attached hydrogen (secondary N) is 1. The van der Waals surface area contributed by atoms with E-state index in [2.05, 4.69) is 26.2 Å². The molecule has 0 aliphatic rings. The molecule has 0 saturated heterocycles. The minimum Gasteiger partial charge on any atom is -0.493 e. The number of halogens is 1. The van der Waals surface area contributed by atoms with Crippen LogP contribution in [0.25, 0.3) is 0 Å². The van der Waals surface area contributed by atoms with Crippen LogP contribution in [0.5, 0.6) is 11.5 Å². The minimum atomic E-state index is -0.196. The van der Waals surface area contributed by atoms with E-state index in [9.17, 15) is 4.79 Å². The molecule has 1 amide bonds. The molecule has 3 aromatic rings. The van der Waals surface area contributed by atoms with Gasteiger partial charge < -0.3 is 14.8 Å². The average Bonchev–Trinajstić information content (AvgIpc) is 2.73. The van der Waals surface area contributed by atoms with E-state index < -0.39 is 0 Å². The lowest BCUT2D eigenvalue weighted by Crippen LogP contribution is -2.26. The van der Waals surface area contributed by atoms with E-state index in [0.717, 1.165) is 11.1 Å². The second kappa shape index (κ2) is 9.37. The normalized spacial score (nSPS) is 11.5. The number of ether oxygens (including phenoxy) is 2. The van der Waals surface area contributed by atoms with E-state index in [-0.39, 0.29) is 11.9 Å². The van der Waals surface area contributed by atoms with Crippen molar-refractivity contribution in [2.24, 2.45) is 0 Å². The molecule has 0 unspecified atom stereocenters. The second-order valence-corrected chi connectivity index (χ2v) is 7.09. The van der Waals surface area contributed by atoms with Crippen molar-refractivity contribution in [3.63, 3.8) is 0 Å². The summed E-state index contributed by atoms with van der Waals surface area (Å²) in [5.74, 6) is 0.857. The maximum absolute atomic E-state index is 12.7. The quantitative estimate of drug-likeness (QED) is 0.565. The Morgan fingerprint density at radius 1 is 1.14 bits per heavy atom. The van der Waals surface area contributed by atoms with Gasteiger partial charge in [0.05, 0.1) is 17.6 Å². The Bertz CT molecular complexity index is 933. The summed E-state index contributed by atoms with van der Waals surface area (Å²) in [7, 11) is 1.55. The van der Waals surface area contributed by atoms with Gasteiger partial charge in [0.1, 0.15) is 6.61 Å². The van der Waals surface area contributed by atoms with E-state index in [1.54, 1.807) is 31.6 Å². The minimum absolute atomic E-state index is 0.144. The molecule has 0 fully saturated rings. The summed E-state index contributed by atoms with van der Waals surface area (Å²) >= 11 is 3.50. The number of carbonyl (C=O) groups excluding carboxylic acids is 1. The SMILES string of the molecule is COc1cc(C(=O)N[C@H](C)c2ccncc2)cc(Br)c1OCc1ccccc1. The van der Waals surface area contributed by atoms with Crippen LogP contribution in [0.3, 0.4) is 0 Å². The lowest BCUT2D eigenvalue weighted by atomic mass is 10.1. The molecule has 0 spiro atoms. The zero-order valence-corrected chi connectivity index (χ0v) is 17.3. The largest absolute Gasteiger partial charge is 0.493 e. The number of pyridine rings is 1. The number of amides is 1. The molecule has 1 N–H and O–H groups in total. The van der Waals surface area contributed by atoms with Crippen molar-refractivity contribution in [3.8, 4) is 11.5 Å². The van der Waals surface area contributed by atoms with Crippen molar-refractivity contribution in [2.75, 3.05) is 7.11 Å². The van der Waals surface area contributed by atoms with Gasteiger partial charge in [0.15, 0.2) is 11.5 Å². The predicted octanol–water partition coefficient (Wildman–Crippen LogP) is 4.92. The lowest BCUT2D eigenvalue weighted by molar-refractivity contribution is 0.0939. The molecule has 1 heterocycles. The summed E-state index contributed by atoms with van der Waals surface area (Å²) in [4.78, 5) is 16.7. The van der Waals surface area contributed by atoms with Crippen LogP contribution in [-0.4, -0.2) is 18.0 Å². The Balaban J connectivity index is 1.75. The summed E-state index contributed by atoms with van der Waals surface area (Å²) in [6.07, 6.45) is 3.41. The molecule has 0 bridgehead atoms. The van der Waals surface area contributed by atoms with E-state index in [1.807, 2.05) is 49.4 Å². The van der Waals surface area contributed by atoms with E-state index >= 15 is 0 Å². The first-order valence-corrected chi connectivity index (χ1v) is 9.63. The number of methoxy groups -OCH3 is 1. The van der Waals surface area contributed by atoms with Gasteiger partial charge in [0, 0.05) is 18.0 Å². The van der Waals surface area contributed by atoms with Gasteiger partial charge in [0.2, 0.25) is 0 Å². The van der Waals surface area contributed by atoms with Gasteiger partial charge in [-0.15, -0.1) is 0 Å². The molecule has 3 rings (SSSR count). The molecule has 28 heavy (non-hydrogen) atoms. The fourth-order valence-corrected chi connectivity index (χ4v) is 3.29. The molecule has 6 heteroatoms. The summed E-state index contributed by atoms with van der Waals surface area (Å²) in [5.41, 5.74) is 2.51. The standard InChI is InChI=1S/C22H21BrN2O3/c1-15(17-8-10-24-11-9-17)25-22(26)18-12-19(23)21(20(13-18)27-2)28-14-16-6-4-3-5-7-16/h3-13,15H,14H2,1-2H3,(H,25,26)/t15-/m1/s1. The fraction of sp³-hybridized carbons (Fsp3) is 0.182. The summed E-state index contributed by atoms with van der Waals surface area (Å²) < 4.78 is 12.0. The van der Waals surface area contributed by atoms with Crippen LogP contribution in [0.2, 0.25) is 0 Å². The molecular formula is C22H21BrN2O3. The monoisotopic (exact) mass is 440 g/mol. The number of carbonyl (C=O) groups is 1. The molecule has 0 aliphatic heterocycles. The third kappa shape index (κ3) is 4.89. The number of benzene rings is 2. The third-order valence-corrected chi connectivity index (χ3v) is 4.86. The predicted molar refractivity (Wildman–Crippen MR) is 112 cm³/mol. The van der Waals surface area contributed by atoms with Crippen molar-refractivity contribution < 1.29 is 14.3 Å². The molecule has 2 aromatic carbocycles. The molecule has 0 radical (unpaired) electrons. The van der Waals surface area contributed by atoms with Gasteiger partial charge in [0.25, 0.3) is 5.91 Å². The zero-order valence-electron chi connectivity index (χ0n) is 15.7. The molecule has 5 nitrogen and oxygen atoms in total. The maximum atomic E-state index is 12.7. The van der Waals surface area contributed by atoms with Gasteiger partial charge in [-0.1, -0.05) is 30.3 Å². The van der Waals surface area contributed by atoms with E-state index in [4.69, 9.17) is 9.47 Å². The van der Waals surface area contributed by atoms with Crippen molar-refractivity contribution in [2.45, 2.75) is 19.6 Å². The van der Waals surface area contributed by atoms with Crippen LogP contribution in [0.1, 0.15) is 34.5 Å². The maximum Gasteiger partial charge on any atom is 0.251 e. The molecular weight excluding hydrogens is 420 g/mol. The number of aromatic nitrogens is 1. The highest BCUT2D eigenvalue weighted by molar-refractivity contribution is 9.10. The highest BCUT2D eigenvalue weighted by Crippen LogP contribution is 2.37. The summed E-state index contributed by atoms with van der Waals surface area (Å²) in [5, 5.41) is 2.98. The first-order chi connectivity index (χ1) is 13.6. The Morgan fingerprint density at radius 2 is 1.86 bits per heavy atom. The number of hydrogen-bond donors (Lipinski definition) is 1. The fourth-order valence-electron chi connectivity index (χ4n) is 2.74. The Hall–Kier alpha value is -2.86. The van der Waals surface area contributed by atoms with Gasteiger partial charge in [-0.25, -0.2) is 0 Å². The summed E-state index contributed by atoms with van der Waals surface area (Å²) in [6.45, 7) is 2.33. The number of rotatable bonds is 7. The highest BCUT2D eigenvalue weighted by atomic mass is 79.9. The molecule has 1 aromatic heterocycles. The first kappa shape index (κ1) is 19.9. The third-order valence-electron chi connectivity index (χ3n) is 4.27. The summed E-state index contributed by atoms with van der Waals surface area (Å²) in [6, 6.07) is 16.9. The van der Waals surface area contributed by atoms with Gasteiger partial charge in [-0.05, 0) is 58.2 Å². The molecule has 1 atom stereocenters. The van der Waals surface area contributed by atoms with Gasteiger partial charge in [-0.3, -0.25) is 9.78 Å². The second-order valence-electron chi connectivity index (χ2n) is 6.24. The average molecular weight is 441 g/mol. The first-order valence-electron chi connectivity index (χ1n) is 8.83. The van der Waals surface area contributed by atoms with Gasteiger partial charge >= 0.3 is 0 Å². The smallest absolute Gasteiger partial charge is 0.251 e. The molecule has 144 valence electrons. The van der Waals surface area contributed by atoms with Crippen LogP contribution in [-0.2, 0) is 6.61 Å². The Kier molecular flexibility index (Phi) is 6.66. The van der Waals surface area contributed by atoms with Crippen LogP contribution >= 0.6 is 15.9 Å². The van der Waals surface area contributed by atoms with Crippen molar-refractivity contribution in [1.29, 1.82) is 0 Å². The Morgan fingerprint density at radius 3 is 2.54 bits per heavy atom. The van der Waals surface area contributed by atoms with Crippen molar-refractivity contribution in [3.05, 3.63) is 88.2 Å². The van der Waals surface area contributed by atoms with Crippen molar-refractivity contribution >= 4 is 21.8 Å². The topological polar surface area (TPSA) is 60.5 Å². The Labute approximate surface area is 172 Å². The lowest BCUT2D eigenvalue weighted by Gasteiger charge is -2.17. The van der Waals surface area contributed by atoms with E-state index in [1.165, 1.54) is 0 Å². The van der Waals surface area contributed by atoms with E-state index in [0.29, 0.717) is 28.1 Å². The van der Waals surface area contributed by atoms with Crippen LogP contribution in [0, 0.1) is 0 Å². The van der Waals surface area contributed by atoms with Crippen LogP contribution in [0.15, 0.2) is 71.5 Å². The number of hydrogen-bond acceptors (Lipinski definition) is 4. The van der Waals surface area contributed by atoms with Gasteiger partial charge in [-0.2, -0.15) is 0 Å². The molecule has 0 saturated carbocycles. The molecule has 0 aliphatic carbocycles.